The lowest BCUT2D eigenvalue weighted by atomic mass is 9.81. The monoisotopic (exact) mass is 339 g/mol. The third-order valence-electron chi connectivity index (χ3n) is 4.43. The van der Waals surface area contributed by atoms with E-state index in [2.05, 4.69) is 4.98 Å². The maximum atomic E-state index is 10.8. The fourth-order valence-corrected chi connectivity index (χ4v) is 2.82. The fourth-order valence-electron chi connectivity index (χ4n) is 2.82. The van der Waals surface area contributed by atoms with Crippen molar-refractivity contribution >= 4 is 6.29 Å². The van der Waals surface area contributed by atoms with Gasteiger partial charge in [-0.3, -0.25) is 0 Å². The predicted molar refractivity (Wildman–Crippen MR) is 95.5 cm³/mol. The number of aliphatic hydroxyl groups excluding tert-OH is 1. The van der Waals surface area contributed by atoms with Crippen molar-refractivity contribution in [1.82, 2.24) is 4.98 Å². The van der Waals surface area contributed by atoms with Gasteiger partial charge in [0.1, 0.15) is 19.0 Å². The van der Waals surface area contributed by atoms with Gasteiger partial charge in [-0.1, -0.05) is 33.6 Å². The molecule has 138 valence electrons. The number of ether oxygens (including phenoxy) is 1. The van der Waals surface area contributed by atoms with Crippen molar-refractivity contribution in [2.24, 2.45) is 12.5 Å². The molecule has 0 amide bonds. The number of rotatable bonds is 5. The minimum atomic E-state index is -0.414. The number of aliphatic hydroxyl groups is 1. The van der Waals surface area contributed by atoms with Gasteiger partial charge in [-0.25, -0.2) is 9.55 Å². The van der Waals surface area contributed by atoms with Gasteiger partial charge in [0.05, 0.1) is 24.3 Å². The number of aldehydes is 1. The standard InChI is InChI=1S/C9H16O2.C8H13N2O.C2H6/c1-2-8(11)9(7-10)5-3-4-6-9;1-7-4-9-8(6-11-3)5-10(7)2;1-2/h7-8,11H,2-6H2,1H3;4-5H,6H2,1-3H3;1-2H3/q;+1;. The summed E-state index contributed by atoms with van der Waals surface area (Å²) >= 11 is 0. The highest BCUT2D eigenvalue weighted by Gasteiger charge is 2.39. The molecule has 2 rings (SSSR count). The summed E-state index contributed by atoms with van der Waals surface area (Å²) in [7, 11) is 3.66. The molecule has 1 aromatic rings. The van der Waals surface area contributed by atoms with Crippen LogP contribution in [0.25, 0.3) is 0 Å². The zero-order valence-corrected chi connectivity index (χ0v) is 16.2. The van der Waals surface area contributed by atoms with Crippen molar-refractivity contribution in [3.8, 4) is 0 Å². The first-order valence-corrected chi connectivity index (χ1v) is 8.93. The first-order valence-electron chi connectivity index (χ1n) is 8.93. The van der Waals surface area contributed by atoms with Gasteiger partial charge in [0.25, 0.3) is 0 Å². The Morgan fingerprint density at radius 1 is 1.42 bits per heavy atom. The summed E-state index contributed by atoms with van der Waals surface area (Å²) in [6.07, 6.45) is 9.00. The average Bonchev–Trinajstić information content (AvgIpc) is 3.10. The maximum Gasteiger partial charge on any atom is 0.196 e. The number of nitrogens with zero attached hydrogens (tertiary/aromatic N) is 2. The van der Waals surface area contributed by atoms with E-state index in [9.17, 15) is 9.90 Å². The number of aryl methyl sites for hydroxylation is 2. The quantitative estimate of drug-likeness (QED) is 0.662. The van der Waals surface area contributed by atoms with Crippen molar-refractivity contribution < 1.29 is 19.2 Å². The van der Waals surface area contributed by atoms with Crippen LogP contribution in [0.15, 0.2) is 12.4 Å². The van der Waals surface area contributed by atoms with E-state index in [4.69, 9.17) is 4.74 Å². The second kappa shape index (κ2) is 12.1. The normalized spacial score (nSPS) is 16.3. The van der Waals surface area contributed by atoms with Gasteiger partial charge in [0, 0.05) is 14.0 Å². The van der Waals surface area contributed by atoms with Gasteiger partial charge in [0.15, 0.2) is 11.9 Å². The van der Waals surface area contributed by atoms with Crippen LogP contribution in [0.2, 0.25) is 0 Å². The van der Waals surface area contributed by atoms with Gasteiger partial charge in [-0.05, 0) is 19.3 Å². The lowest BCUT2D eigenvalue weighted by Crippen LogP contribution is -2.33. The van der Waals surface area contributed by atoms with Crippen LogP contribution in [0.4, 0.5) is 0 Å². The minimum absolute atomic E-state index is 0.380. The second-order valence-electron chi connectivity index (χ2n) is 6.05. The van der Waals surface area contributed by atoms with Crippen LogP contribution in [0.5, 0.6) is 0 Å². The first kappa shape index (κ1) is 22.7. The summed E-state index contributed by atoms with van der Waals surface area (Å²) < 4.78 is 6.98. The van der Waals surface area contributed by atoms with Crippen molar-refractivity contribution in [2.75, 3.05) is 7.11 Å². The average molecular weight is 340 g/mol. The highest BCUT2D eigenvalue weighted by Crippen LogP contribution is 2.40. The third kappa shape index (κ3) is 6.65. The Kier molecular flexibility index (Phi) is 11.4. The number of carbonyl (C=O) groups excluding carboxylic acids is 1. The Morgan fingerprint density at radius 2 is 2.00 bits per heavy atom. The molecule has 0 aliphatic heterocycles. The molecule has 0 spiro atoms. The molecule has 1 N–H and O–H groups in total. The first-order chi connectivity index (χ1) is 11.5. The Labute approximate surface area is 147 Å². The van der Waals surface area contributed by atoms with Crippen molar-refractivity contribution in [3.05, 3.63) is 23.8 Å². The number of aromatic nitrogens is 2. The molecular weight excluding hydrogens is 304 g/mol. The Balaban J connectivity index is 0.000000400. The maximum absolute atomic E-state index is 10.8. The highest BCUT2D eigenvalue weighted by molar-refractivity contribution is 5.61. The zero-order chi connectivity index (χ0) is 18.6. The van der Waals surface area contributed by atoms with Gasteiger partial charge in [-0.2, -0.15) is 0 Å². The number of hydrogen-bond acceptors (Lipinski definition) is 4. The van der Waals surface area contributed by atoms with Gasteiger partial charge in [-0.15, -0.1) is 0 Å². The van der Waals surface area contributed by atoms with E-state index in [-0.39, 0.29) is 5.41 Å². The minimum Gasteiger partial charge on any atom is -0.392 e. The predicted octanol–water partition coefficient (Wildman–Crippen LogP) is 2.90. The van der Waals surface area contributed by atoms with Crippen LogP contribution in [-0.2, 0) is 23.2 Å². The summed E-state index contributed by atoms with van der Waals surface area (Å²) in [5, 5.41) is 9.58. The van der Waals surface area contributed by atoms with Crippen LogP contribution in [0.1, 0.15) is 64.3 Å². The molecule has 1 atom stereocenters. The summed E-state index contributed by atoms with van der Waals surface area (Å²) in [6.45, 7) is 8.52. The van der Waals surface area contributed by atoms with E-state index in [1.807, 2.05) is 51.7 Å². The smallest absolute Gasteiger partial charge is 0.196 e. The van der Waals surface area contributed by atoms with Crippen molar-refractivity contribution in [3.63, 3.8) is 0 Å². The number of methoxy groups -OCH3 is 1. The van der Waals surface area contributed by atoms with Crippen LogP contribution < -0.4 is 4.57 Å². The van der Waals surface area contributed by atoms with Crippen molar-refractivity contribution in [2.45, 2.75) is 72.5 Å². The molecule has 1 heterocycles. The lowest BCUT2D eigenvalue weighted by Gasteiger charge is -2.27. The van der Waals surface area contributed by atoms with E-state index in [1.165, 1.54) is 0 Å². The van der Waals surface area contributed by atoms with Gasteiger partial charge in [0.2, 0.25) is 0 Å². The molecule has 0 radical (unpaired) electrons. The molecule has 5 heteroatoms. The van der Waals surface area contributed by atoms with Crippen molar-refractivity contribution in [1.29, 1.82) is 0 Å². The third-order valence-corrected chi connectivity index (χ3v) is 4.43. The van der Waals surface area contributed by atoms with Gasteiger partial charge < -0.3 is 14.6 Å². The van der Waals surface area contributed by atoms with Crippen LogP contribution in [0, 0.1) is 12.3 Å². The molecule has 0 saturated heterocycles. The molecule has 1 aliphatic carbocycles. The largest absolute Gasteiger partial charge is 0.392 e. The lowest BCUT2D eigenvalue weighted by molar-refractivity contribution is -0.678. The molecule has 1 unspecified atom stereocenters. The molecule has 5 nitrogen and oxygen atoms in total. The Bertz CT molecular complexity index is 472. The van der Waals surface area contributed by atoms with E-state index in [0.717, 1.165) is 43.4 Å². The Hall–Kier alpha value is -1.33. The second-order valence-corrected chi connectivity index (χ2v) is 6.05. The van der Waals surface area contributed by atoms with Gasteiger partial charge >= 0.3 is 0 Å². The summed E-state index contributed by atoms with van der Waals surface area (Å²) in [5.41, 5.74) is 1.72. The molecular formula is C19H35N2O3+. The molecule has 0 aromatic carbocycles. The molecule has 1 saturated carbocycles. The summed E-state index contributed by atoms with van der Waals surface area (Å²) in [6, 6.07) is 0. The number of carbonyl (C=O) groups is 1. The molecule has 1 fully saturated rings. The van der Waals surface area contributed by atoms with E-state index in [0.29, 0.717) is 13.0 Å². The highest BCUT2D eigenvalue weighted by atomic mass is 16.5. The molecule has 24 heavy (non-hydrogen) atoms. The molecule has 0 bridgehead atoms. The molecule has 1 aliphatic rings. The molecule has 1 aromatic heterocycles. The fraction of sp³-hybridized carbons (Fsp3) is 0.737. The Morgan fingerprint density at radius 3 is 2.42 bits per heavy atom. The number of hydrogen-bond donors (Lipinski definition) is 1. The van der Waals surface area contributed by atoms with E-state index in [1.54, 1.807) is 7.11 Å². The van der Waals surface area contributed by atoms with Crippen LogP contribution in [-0.4, -0.2) is 29.6 Å². The van der Waals surface area contributed by atoms with Crippen LogP contribution in [0.3, 0.4) is 0 Å². The topological polar surface area (TPSA) is 63.3 Å². The van der Waals surface area contributed by atoms with Crippen LogP contribution >= 0.6 is 0 Å². The SMILES string of the molecule is CC.CCC(O)C1(C=O)CCCC1.COCc1c[n+](C)c(C)cn1. The summed E-state index contributed by atoms with van der Waals surface area (Å²) in [5.74, 6) is 0. The van der Waals surface area contributed by atoms with E-state index >= 15 is 0 Å². The van der Waals surface area contributed by atoms with E-state index < -0.39 is 6.10 Å². The zero-order valence-electron chi connectivity index (χ0n) is 16.2. The summed E-state index contributed by atoms with van der Waals surface area (Å²) in [4.78, 5) is 15.0.